The molecule has 86 valence electrons. The van der Waals surface area contributed by atoms with E-state index in [4.69, 9.17) is 0 Å². The highest BCUT2D eigenvalue weighted by molar-refractivity contribution is 7.99. The number of amides is 1. The molecule has 0 bridgehead atoms. The molecule has 3 N–H and O–H groups in total. The van der Waals surface area contributed by atoms with E-state index >= 15 is 0 Å². The van der Waals surface area contributed by atoms with Crippen LogP contribution in [0.15, 0.2) is 0 Å². The van der Waals surface area contributed by atoms with Crippen molar-refractivity contribution in [1.82, 2.24) is 10.6 Å². The predicted molar refractivity (Wildman–Crippen MR) is 60.7 cm³/mol. The predicted octanol–water partition coefficient (Wildman–Crippen LogP) is 0.0702. The molecular weight excluding hydrogens is 212 g/mol. The van der Waals surface area contributed by atoms with Gasteiger partial charge in [0.2, 0.25) is 5.91 Å². The van der Waals surface area contributed by atoms with Crippen molar-refractivity contribution >= 4 is 17.7 Å². The molecule has 1 aliphatic heterocycles. The quantitative estimate of drug-likeness (QED) is 0.642. The third-order valence-electron chi connectivity index (χ3n) is 3.28. The molecule has 0 aromatic heterocycles. The summed E-state index contributed by atoms with van der Waals surface area (Å²) in [4.78, 5) is 11.9. The molecule has 1 atom stereocenters. The van der Waals surface area contributed by atoms with Crippen LogP contribution in [0.1, 0.15) is 25.7 Å². The Morgan fingerprint density at radius 1 is 1.53 bits per heavy atom. The van der Waals surface area contributed by atoms with Crippen molar-refractivity contribution in [3.8, 4) is 0 Å². The summed E-state index contributed by atoms with van der Waals surface area (Å²) in [6.07, 6.45) is 4.03. The van der Waals surface area contributed by atoms with E-state index in [1.54, 1.807) is 11.8 Å². The van der Waals surface area contributed by atoms with E-state index in [1.165, 1.54) is 0 Å². The Morgan fingerprint density at radius 2 is 2.27 bits per heavy atom. The summed E-state index contributed by atoms with van der Waals surface area (Å²) in [6, 6.07) is -0.0703. The number of carbonyl (C=O) groups excluding carboxylic acids is 1. The van der Waals surface area contributed by atoms with Gasteiger partial charge in [0.15, 0.2) is 0 Å². The van der Waals surface area contributed by atoms with Gasteiger partial charge in [-0.05, 0) is 12.8 Å². The van der Waals surface area contributed by atoms with Crippen LogP contribution in [-0.2, 0) is 4.79 Å². The van der Waals surface area contributed by atoms with Gasteiger partial charge in [-0.3, -0.25) is 10.1 Å². The van der Waals surface area contributed by atoms with Crippen LogP contribution in [0, 0.1) is 0 Å². The number of carbonyl (C=O) groups is 1. The minimum absolute atomic E-state index is 0.0518. The maximum absolute atomic E-state index is 11.9. The van der Waals surface area contributed by atoms with E-state index in [9.17, 15) is 9.90 Å². The Morgan fingerprint density at radius 3 is 2.80 bits per heavy atom. The highest BCUT2D eigenvalue weighted by Crippen LogP contribution is 2.29. The fourth-order valence-corrected chi connectivity index (χ4v) is 3.23. The molecule has 1 aliphatic carbocycles. The molecule has 2 fully saturated rings. The third-order valence-corrected chi connectivity index (χ3v) is 4.22. The SMILES string of the molecule is O=C(NC1(CO)CCCC1)C1CSCN1. The van der Waals surface area contributed by atoms with E-state index < -0.39 is 0 Å². The van der Waals surface area contributed by atoms with Crippen LogP contribution in [-0.4, -0.2) is 40.8 Å². The molecule has 1 amide bonds. The zero-order valence-corrected chi connectivity index (χ0v) is 9.61. The van der Waals surface area contributed by atoms with Gasteiger partial charge in [-0.25, -0.2) is 0 Å². The molecule has 0 spiro atoms. The Bertz CT molecular complexity index is 236. The van der Waals surface area contributed by atoms with E-state index in [1.807, 2.05) is 0 Å². The Hall–Kier alpha value is -0.260. The molecule has 15 heavy (non-hydrogen) atoms. The monoisotopic (exact) mass is 230 g/mol. The highest BCUT2D eigenvalue weighted by atomic mass is 32.2. The summed E-state index contributed by atoms with van der Waals surface area (Å²) < 4.78 is 0. The number of hydrogen-bond acceptors (Lipinski definition) is 4. The molecule has 2 rings (SSSR count). The van der Waals surface area contributed by atoms with Crippen molar-refractivity contribution in [2.24, 2.45) is 0 Å². The van der Waals surface area contributed by atoms with Gasteiger partial charge in [0.25, 0.3) is 0 Å². The van der Waals surface area contributed by atoms with Crippen LogP contribution in [0.5, 0.6) is 0 Å². The summed E-state index contributed by atoms with van der Waals surface area (Å²) >= 11 is 1.74. The maximum Gasteiger partial charge on any atom is 0.238 e. The topological polar surface area (TPSA) is 61.4 Å². The van der Waals surface area contributed by atoms with Crippen molar-refractivity contribution in [2.45, 2.75) is 37.3 Å². The summed E-state index contributed by atoms with van der Waals surface area (Å²) in [5.74, 6) is 1.74. The first-order valence-electron chi connectivity index (χ1n) is 5.50. The zero-order chi connectivity index (χ0) is 10.7. The van der Waals surface area contributed by atoms with Crippen LogP contribution in [0.25, 0.3) is 0 Å². The average Bonchev–Trinajstić information content (AvgIpc) is 2.88. The lowest BCUT2D eigenvalue weighted by molar-refractivity contribution is -0.124. The van der Waals surface area contributed by atoms with E-state index in [2.05, 4.69) is 10.6 Å². The largest absolute Gasteiger partial charge is 0.394 e. The van der Waals surface area contributed by atoms with Crippen LogP contribution in [0.3, 0.4) is 0 Å². The molecule has 2 aliphatic rings. The smallest absolute Gasteiger partial charge is 0.238 e. The Balaban J connectivity index is 1.91. The second-order valence-corrected chi connectivity index (χ2v) is 5.44. The fraction of sp³-hybridized carbons (Fsp3) is 0.900. The van der Waals surface area contributed by atoms with Crippen LogP contribution in [0.4, 0.5) is 0 Å². The summed E-state index contributed by atoms with van der Waals surface area (Å²) in [7, 11) is 0. The second-order valence-electron chi connectivity index (χ2n) is 4.41. The van der Waals surface area contributed by atoms with Gasteiger partial charge in [0.05, 0.1) is 18.2 Å². The third kappa shape index (κ3) is 2.46. The molecule has 1 unspecified atom stereocenters. The second kappa shape index (κ2) is 4.72. The first-order chi connectivity index (χ1) is 7.26. The van der Waals surface area contributed by atoms with Gasteiger partial charge in [0, 0.05) is 11.6 Å². The molecule has 4 nitrogen and oxygen atoms in total. The minimum Gasteiger partial charge on any atom is -0.394 e. The van der Waals surface area contributed by atoms with Crippen molar-refractivity contribution in [1.29, 1.82) is 0 Å². The van der Waals surface area contributed by atoms with Gasteiger partial charge in [0.1, 0.15) is 0 Å². The lowest BCUT2D eigenvalue weighted by atomic mass is 9.98. The summed E-state index contributed by atoms with van der Waals surface area (Å²) in [5.41, 5.74) is -0.327. The molecule has 0 aromatic rings. The highest BCUT2D eigenvalue weighted by Gasteiger charge is 2.36. The average molecular weight is 230 g/mol. The van der Waals surface area contributed by atoms with Gasteiger partial charge in [-0.15, -0.1) is 11.8 Å². The normalized spacial score (nSPS) is 29.3. The lowest BCUT2D eigenvalue weighted by Gasteiger charge is -2.29. The van der Waals surface area contributed by atoms with E-state index in [0.717, 1.165) is 37.3 Å². The number of aliphatic hydroxyl groups is 1. The van der Waals surface area contributed by atoms with Crippen LogP contribution < -0.4 is 10.6 Å². The zero-order valence-electron chi connectivity index (χ0n) is 8.79. The van der Waals surface area contributed by atoms with Crippen molar-refractivity contribution < 1.29 is 9.90 Å². The number of aliphatic hydroxyl groups excluding tert-OH is 1. The van der Waals surface area contributed by atoms with Gasteiger partial charge >= 0.3 is 0 Å². The maximum atomic E-state index is 11.9. The molecule has 0 radical (unpaired) electrons. The van der Waals surface area contributed by atoms with Crippen LogP contribution >= 0.6 is 11.8 Å². The fourth-order valence-electron chi connectivity index (χ4n) is 2.29. The standard InChI is InChI=1S/C10H18N2O2S/c13-6-10(3-1-2-4-10)12-9(14)8-5-15-7-11-8/h8,11,13H,1-7H2,(H,12,14). The van der Waals surface area contributed by atoms with E-state index in [-0.39, 0.29) is 24.1 Å². The summed E-state index contributed by atoms with van der Waals surface area (Å²) in [5, 5.41) is 15.5. The number of hydrogen-bond donors (Lipinski definition) is 3. The van der Waals surface area contributed by atoms with Gasteiger partial charge < -0.3 is 10.4 Å². The van der Waals surface area contributed by atoms with Crippen molar-refractivity contribution in [3.63, 3.8) is 0 Å². The minimum atomic E-state index is -0.327. The van der Waals surface area contributed by atoms with Gasteiger partial charge in [-0.1, -0.05) is 12.8 Å². The molecule has 5 heteroatoms. The number of thioether (sulfide) groups is 1. The molecule has 0 aromatic carbocycles. The Labute approximate surface area is 94.2 Å². The molecule has 1 heterocycles. The lowest BCUT2D eigenvalue weighted by Crippen LogP contribution is -2.54. The van der Waals surface area contributed by atoms with Crippen LogP contribution in [0.2, 0.25) is 0 Å². The molecule has 1 saturated heterocycles. The van der Waals surface area contributed by atoms with E-state index in [0.29, 0.717) is 0 Å². The number of nitrogens with one attached hydrogen (secondary N) is 2. The number of rotatable bonds is 3. The summed E-state index contributed by atoms with van der Waals surface area (Å²) in [6.45, 7) is 0.0681. The molecule has 1 saturated carbocycles. The van der Waals surface area contributed by atoms with Gasteiger partial charge in [-0.2, -0.15) is 0 Å². The first-order valence-corrected chi connectivity index (χ1v) is 6.65. The first kappa shape index (κ1) is 11.2. The molecular formula is C10H18N2O2S. The van der Waals surface area contributed by atoms with Crippen molar-refractivity contribution in [2.75, 3.05) is 18.2 Å². The Kier molecular flexibility index (Phi) is 3.53. The van der Waals surface area contributed by atoms with Crippen molar-refractivity contribution in [3.05, 3.63) is 0 Å².